The third-order valence-corrected chi connectivity index (χ3v) is 4.47. The van der Waals surface area contributed by atoms with Crippen molar-refractivity contribution in [2.45, 2.75) is 25.4 Å². The van der Waals surface area contributed by atoms with Gasteiger partial charge in [0.2, 0.25) is 5.91 Å². The lowest BCUT2D eigenvalue weighted by Gasteiger charge is -2.43. The van der Waals surface area contributed by atoms with Crippen molar-refractivity contribution >= 4 is 11.8 Å². The topological polar surface area (TPSA) is 67.9 Å². The van der Waals surface area contributed by atoms with Gasteiger partial charge in [0, 0.05) is 32.2 Å². The Balaban J connectivity index is 1.72. The van der Waals surface area contributed by atoms with Gasteiger partial charge in [-0.1, -0.05) is 12.1 Å². The average molecular weight is 318 g/mol. The summed E-state index contributed by atoms with van der Waals surface area (Å²) in [6.07, 6.45) is 0.819. The summed E-state index contributed by atoms with van der Waals surface area (Å²) in [4.78, 5) is 25.7. The summed E-state index contributed by atoms with van der Waals surface area (Å²) in [5.41, 5.74) is 1.31. The van der Waals surface area contributed by atoms with E-state index in [4.69, 9.17) is 9.47 Å². The molecule has 2 heterocycles. The lowest BCUT2D eigenvalue weighted by molar-refractivity contribution is -0.119. The molecule has 2 aliphatic heterocycles. The minimum atomic E-state index is -0.315. The number of hydrogen-bond acceptors (Lipinski definition) is 4. The van der Waals surface area contributed by atoms with Gasteiger partial charge in [-0.3, -0.25) is 9.59 Å². The maximum Gasteiger partial charge on any atom is 0.254 e. The number of nitrogens with zero attached hydrogens (tertiary/aromatic N) is 1. The van der Waals surface area contributed by atoms with Gasteiger partial charge in [0.15, 0.2) is 0 Å². The molecule has 0 radical (unpaired) electrons. The van der Waals surface area contributed by atoms with Gasteiger partial charge in [-0.2, -0.15) is 0 Å². The quantitative estimate of drug-likeness (QED) is 0.901. The summed E-state index contributed by atoms with van der Waals surface area (Å²) in [7, 11) is 0. The summed E-state index contributed by atoms with van der Waals surface area (Å²) < 4.78 is 11.1. The molecule has 1 N–H and O–H groups in total. The molecule has 1 unspecified atom stereocenters. The lowest BCUT2D eigenvalue weighted by atomic mass is 9.94. The van der Waals surface area contributed by atoms with E-state index in [1.54, 1.807) is 0 Å². The van der Waals surface area contributed by atoms with Crippen molar-refractivity contribution in [1.29, 1.82) is 0 Å². The number of carbonyl (C=O) groups is 2. The highest BCUT2D eigenvalue weighted by Gasteiger charge is 2.45. The van der Waals surface area contributed by atoms with Gasteiger partial charge in [0.25, 0.3) is 5.91 Å². The fourth-order valence-electron chi connectivity index (χ4n) is 3.12. The fourth-order valence-corrected chi connectivity index (χ4v) is 3.12. The molecule has 2 amide bonds. The van der Waals surface area contributed by atoms with Crippen LogP contribution in [0.5, 0.6) is 0 Å². The third kappa shape index (κ3) is 3.38. The molecule has 124 valence electrons. The highest BCUT2D eigenvalue weighted by Crippen LogP contribution is 2.30. The molecular weight excluding hydrogens is 296 g/mol. The number of ether oxygens (including phenoxy) is 2. The SMILES string of the molecule is CC(=O)NCc1ccc(C(=O)N2CCOCC23CCOC3)cc1. The van der Waals surface area contributed by atoms with Crippen LogP contribution in [0.2, 0.25) is 0 Å². The average Bonchev–Trinajstić information content (AvgIpc) is 3.02. The Hall–Kier alpha value is -1.92. The number of nitrogens with one attached hydrogen (secondary N) is 1. The monoisotopic (exact) mass is 318 g/mol. The molecule has 1 spiro atoms. The molecule has 6 nitrogen and oxygen atoms in total. The second-order valence-electron chi connectivity index (χ2n) is 6.14. The first kappa shape index (κ1) is 16.0. The molecular formula is C17H22N2O4. The van der Waals surface area contributed by atoms with E-state index in [-0.39, 0.29) is 17.4 Å². The number of benzene rings is 1. The maximum absolute atomic E-state index is 12.9. The van der Waals surface area contributed by atoms with Crippen molar-refractivity contribution in [3.8, 4) is 0 Å². The molecule has 23 heavy (non-hydrogen) atoms. The molecule has 0 aliphatic carbocycles. The highest BCUT2D eigenvalue weighted by atomic mass is 16.5. The van der Waals surface area contributed by atoms with Crippen LogP contribution in [0.3, 0.4) is 0 Å². The van der Waals surface area contributed by atoms with Crippen molar-refractivity contribution in [1.82, 2.24) is 10.2 Å². The summed E-state index contributed by atoms with van der Waals surface area (Å²) in [6, 6.07) is 7.39. The molecule has 0 saturated carbocycles. The zero-order valence-electron chi connectivity index (χ0n) is 13.3. The van der Waals surface area contributed by atoms with Crippen LogP contribution >= 0.6 is 0 Å². The third-order valence-electron chi connectivity index (χ3n) is 4.47. The fraction of sp³-hybridized carbons (Fsp3) is 0.529. The van der Waals surface area contributed by atoms with E-state index >= 15 is 0 Å². The van der Waals surface area contributed by atoms with Crippen molar-refractivity contribution in [2.75, 3.05) is 33.0 Å². The highest BCUT2D eigenvalue weighted by molar-refractivity contribution is 5.95. The Kier molecular flexibility index (Phi) is 4.63. The van der Waals surface area contributed by atoms with Crippen LogP contribution in [0.25, 0.3) is 0 Å². The van der Waals surface area contributed by atoms with E-state index in [9.17, 15) is 9.59 Å². The summed E-state index contributed by atoms with van der Waals surface area (Å²) in [6.45, 7) is 4.87. The van der Waals surface area contributed by atoms with Crippen LogP contribution in [0.15, 0.2) is 24.3 Å². The summed E-state index contributed by atoms with van der Waals surface area (Å²) >= 11 is 0. The molecule has 2 fully saturated rings. The Morgan fingerprint density at radius 3 is 2.52 bits per heavy atom. The zero-order chi connectivity index (χ0) is 16.3. The van der Waals surface area contributed by atoms with Gasteiger partial charge in [-0.05, 0) is 24.1 Å². The predicted molar refractivity (Wildman–Crippen MR) is 84.0 cm³/mol. The van der Waals surface area contributed by atoms with Gasteiger partial charge >= 0.3 is 0 Å². The number of amides is 2. The van der Waals surface area contributed by atoms with Crippen LogP contribution in [0.1, 0.15) is 29.3 Å². The minimum Gasteiger partial charge on any atom is -0.379 e. The van der Waals surface area contributed by atoms with Gasteiger partial charge in [-0.25, -0.2) is 0 Å². The molecule has 2 aliphatic rings. The van der Waals surface area contributed by atoms with Gasteiger partial charge in [0.05, 0.1) is 25.4 Å². The van der Waals surface area contributed by atoms with Crippen LogP contribution in [-0.2, 0) is 20.8 Å². The first-order valence-corrected chi connectivity index (χ1v) is 7.92. The van der Waals surface area contributed by atoms with Crippen LogP contribution in [0, 0.1) is 0 Å². The molecule has 1 aromatic carbocycles. The van der Waals surface area contributed by atoms with E-state index in [2.05, 4.69) is 5.32 Å². The van der Waals surface area contributed by atoms with Crippen LogP contribution in [-0.4, -0.2) is 55.2 Å². The largest absolute Gasteiger partial charge is 0.379 e. The summed E-state index contributed by atoms with van der Waals surface area (Å²) in [5, 5.41) is 2.75. The normalized spacial score (nSPS) is 24.0. The van der Waals surface area contributed by atoms with Crippen molar-refractivity contribution in [3.63, 3.8) is 0 Å². The Morgan fingerprint density at radius 1 is 1.17 bits per heavy atom. The maximum atomic E-state index is 12.9. The second-order valence-corrected chi connectivity index (χ2v) is 6.14. The van der Waals surface area contributed by atoms with Crippen molar-refractivity contribution in [3.05, 3.63) is 35.4 Å². The number of hydrogen-bond donors (Lipinski definition) is 1. The Bertz CT molecular complexity index is 579. The summed E-state index contributed by atoms with van der Waals surface area (Å²) in [5.74, 6) is -0.0495. The van der Waals surface area contributed by atoms with Gasteiger partial charge in [0.1, 0.15) is 0 Å². The molecule has 0 aromatic heterocycles. The minimum absolute atomic E-state index is 0.0184. The molecule has 6 heteroatoms. The first-order valence-electron chi connectivity index (χ1n) is 7.92. The molecule has 0 bridgehead atoms. The van der Waals surface area contributed by atoms with E-state index < -0.39 is 0 Å². The van der Waals surface area contributed by atoms with Crippen LogP contribution in [0.4, 0.5) is 0 Å². The number of rotatable bonds is 3. The number of morpholine rings is 1. The van der Waals surface area contributed by atoms with E-state index in [1.165, 1.54) is 6.92 Å². The smallest absolute Gasteiger partial charge is 0.254 e. The molecule has 1 atom stereocenters. The van der Waals surface area contributed by atoms with Gasteiger partial charge < -0.3 is 19.7 Å². The molecule has 1 aromatic rings. The standard InChI is InChI=1S/C17H22N2O4/c1-13(20)18-10-14-2-4-15(5-3-14)16(21)19-7-9-23-12-17(19)6-8-22-11-17/h2-5H,6-12H2,1H3,(H,18,20). The first-order chi connectivity index (χ1) is 11.1. The Morgan fingerprint density at radius 2 is 1.87 bits per heavy atom. The van der Waals surface area contributed by atoms with Crippen LogP contribution < -0.4 is 5.32 Å². The van der Waals surface area contributed by atoms with Crippen molar-refractivity contribution < 1.29 is 19.1 Å². The Labute approximate surface area is 135 Å². The zero-order valence-corrected chi connectivity index (χ0v) is 13.3. The molecule has 3 rings (SSSR count). The van der Waals surface area contributed by atoms with E-state index in [0.717, 1.165) is 12.0 Å². The molecule has 2 saturated heterocycles. The van der Waals surface area contributed by atoms with E-state index in [0.29, 0.717) is 45.1 Å². The number of carbonyl (C=O) groups excluding carboxylic acids is 2. The predicted octanol–water partition coefficient (Wildman–Crippen LogP) is 0.954. The second kappa shape index (κ2) is 6.68. The van der Waals surface area contributed by atoms with Gasteiger partial charge in [-0.15, -0.1) is 0 Å². The van der Waals surface area contributed by atoms with Crippen molar-refractivity contribution in [2.24, 2.45) is 0 Å². The lowest BCUT2D eigenvalue weighted by Crippen LogP contribution is -2.59. The van der Waals surface area contributed by atoms with E-state index in [1.807, 2.05) is 29.2 Å².